The number of benzene rings is 3. The summed E-state index contributed by atoms with van der Waals surface area (Å²) in [5.41, 5.74) is 4.99. The largest absolute Gasteiger partial charge is 0.246 e. The van der Waals surface area contributed by atoms with Crippen LogP contribution >= 0.6 is 0 Å². The molecule has 0 fully saturated rings. The summed E-state index contributed by atoms with van der Waals surface area (Å²) in [6, 6.07) is 24.1. The van der Waals surface area contributed by atoms with E-state index in [0.717, 1.165) is 22.3 Å². The number of nitrogens with zero attached hydrogens (tertiary/aromatic N) is 1. The van der Waals surface area contributed by atoms with Crippen LogP contribution in [0.3, 0.4) is 0 Å². The maximum Gasteiger partial charge on any atom is 0.175 e. The Bertz CT molecular complexity index is 1390. The molecule has 1 heterocycles. The lowest BCUT2D eigenvalue weighted by molar-refractivity contribution is 0.602. The Labute approximate surface area is 181 Å². The van der Waals surface area contributed by atoms with E-state index in [1.54, 1.807) is 36.4 Å². The van der Waals surface area contributed by atoms with E-state index in [1.807, 2.05) is 36.4 Å². The first-order chi connectivity index (χ1) is 14.9. The molecule has 31 heavy (non-hydrogen) atoms. The quantitative estimate of drug-likeness (QED) is 0.398. The van der Waals surface area contributed by atoms with Crippen molar-refractivity contribution in [3.8, 4) is 46.0 Å². The van der Waals surface area contributed by atoms with Crippen LogP contribution in [0.4, 0.5) is 4.39 Å². The zero-order valence-electron chi connectivity index (χ0n) is 16.7. The van der Waals surface area contributed by atoms with Gasteiger partial charge in [-0.2, -0.15) is 0 Å². The number of sulfone groups is 1. The van der Waals surface area contributed by atoms with Gasteiger partial charge in [-0.15, -0.1) is 6.42 Å². The molecule has 0 unspecified atom stereocenters. The summed E-state index contributed by atoms with van der Waals surface area (Å²) in [6.07, 6.45) is 6.97. The van der Waals surface area contributed by atoms with Gasteiger partial charge in [-0.1, -0.05) is 48.4 Å². The van der Waals surface area contributed by atoms with Gasteiger partial charge in [-0.3, -0.25) is 0 Å². The number of rotatable bonds is 4. The van der Waals surface area contributed by atoms with Crippen LogP contribution in [0, 0.1) is 18.2 Å². The Balaban J connectivity index is 1.97. The molecule has 1 aromatic heterocycles. The van der Waals surface area contributed by atoms with Gasteiger partial charge >= 0.3 is 0 Å². The van der Waals surface area contributed by atoms with Crippen molar-refractivity contribution in [2.24, 2.45) is 0 Å². The molecule has 0 spiro atoms. The van der Waals surface area contributed by atoms with Crippen molar-refractivity contribution in [2.45, 2.75) is 4.90 Å². The summed E-state index contributed by atoms with van der Waals surface area (Å²) in [6.45, 7) is 0. The van der Waals surface area contributed by atoms with Gasteiger partial charge in [0, 0.05) is 22.9 Å². The molecule has 152 valence electrons. The molecule has 0 saturated carbocycles. The fraction of sp³-hybridized carbons (Fsp3) is 0.0385. The Morgan fingerprint density at radius 3 is 1.97 bits per heavy atom. The highest BCUT2D eigenvalue weighted by Crippen LogP contribution is 2.35. The molecule has 0 atom stereocenters. The lowest BCUT2D eigenvalue weighted by atomic mass is 9.95. The first-order valence-corrected chi connectivity index (χ1v) is 11.4. The Hall–Kier alpha value is -3.75. The molecule has 5 heteroatoms. The number of pyridine rings is 1. The van der Waals surface area contributed by atoms with E-state index in [0.29, 0.717) is 17.0 Å². The first kappa shape index (κ1) is 20.5. The Morgan fingerprint density at radius 2 is 1.39 bits per heavy atom. The van der Waals surface area contributed by atoms with Crippen LogP contribution in [-0.4, -0.2) is 19.7 Å². The fourth-order valence-corrected chi connectivity index (χ4v) is 4.00. The van der Waals surface area contributed by atoms with E-state index in [-0.39, 0.29) is 10.7 Å². The van der Waals surface area contributed by atoms with Crippen LogP contribution < -0.4 is 0 Å². The minimum absolute atomic E-state index is 0.227. The van der Waals surface area contributed by atoms with Gasteiger partial charge in [0.25, 0.3) is 0 Å². The topological polar surface area (TPSA) is 47.0 Å². The molecule has 4 aromatic rings. The van der Waals surface area contributed by atoms with Crippen molar-refractivity contribution >= 4 is 9.84 Å². The first-order valence-electron chi connectivity index (χ1n) is 9.50. The molecule has 0 radical (unpaired) electrons. The Morgan fingerprint density at radius 1 is 0.806 bits per heavy atom. The highest BCUT2D eigenvalue weighted by molar-refractivity contribution is 7.90. The van der Waals surface area contributed by atoms with E-state index in [4.69, 9.17) is 11.4 Å². The highest BCUT2D eigenvalue weighted by atomic mass is 32.2. The van der Waals surface area contributed by atoms with Gasteiger partial charge < -0.3 is 0 Å². The summed E-state index contributed by atoms with van der Waals surface area (Å²) in [4.78, 5) is 5.11. The van der Waals surface area contributed by atoms with Gasteiger partial charge in [0.1, 0.15) is 5.82 Å². The molecule has 0 bridgehead atoms. The van der Waals surface area contributed by atoms with E-state index in [9.17, 15) is 12.8 Å². The third kappa shape index (κ3) is 4.25. The molecule has 0 aliphatic carbocycles. The second-order valence-electron chi connectivity index (χ2n) is 7.09. The maximum absolute atomic E-state index is 13.5. The third-order valence-electron chi connectivity index (χ3n) is 4.94. The standard InChI is InChI=1S/C26H18FNO2S/c1-3-18-17-24(19-11-15-23(16-12-19)31(2,29)30)26(21-9-13-22(27)14-10-21)28-25(18)20-7-5-4-6-8-20/h1,4-17H,2H3. The van der Waals surface area contributed by atoms with Gasteiger partial charge in [-0.25, -0.2) is 17.8 Å². The zero-order valence-corrected chi connectivity index (χ0v) is 17.5. The SMILES string of the molecule is C#Cc1cc(-c2ccc(S(C)(=O)=O)cc2)c(-c2ccc(F)cc2)nc1-c1ccccc1. The minimum atomic E-state index is -3.31. The average molecular weight is 428 g/mol. The van der Waals surface area contributed by atoms with Crippen LogP contribution in [0.1, 0.15) is 5.56 Å². The van der Waals surface area contributed by atoms with Crippen molar-refractivity contribution < 1.29 is 12.8 Å². The van der Waals surface area contributed by atoms with Crippen LogP contribution in [0.2, 0.25) is 0 Å². The predicted molar refractivity (Wildman–Crippen MR) is 122 cm³/mol. The van der Waals surface area contributed by atoms with Crippen LogP contribution in [0.5, 0.6) is 0 Å². The Kier molecular flexibility index (Phi) is 5.41. The van der Waals surface area contributed by atoms with E-state index in [1.165, 1.54) is 18.4 Å². The second kappa shape index (κ2) is 8.17. The van der Waals surface area contributed by atoms with E-state index >= 15 is 0 Å². The second-order valence-corrected chi connectivity index (χ2v) is 9.11. The summed E-state index contributed by atoms with van der Waals surface area (Å²) in [5.74, 6) is 2.37. The molecule has 3 nitrogen and oxygen atoms in total. The smallest absolute Gasteiger partial charge is 0.175 e. The summed E-state index contributed by atoms with van der Waals surface area (Å²) >= 11 is 0. The van der Waals surface area contributed by atoms with Crippen molar-refractivity contribution in [3.63, 3.8) is 0 Å². The number of terminal acetylenes is 1. The molecule has 0 amide bonds. The van der Waals surface area contributed by atoms with Crippen LogP contribution in [0.25, 0.3) is 33.6 Å². The lowest BCUT2D eigenvalue weighted by Crippen LogP contribution is -1.98. The summed E-state index contributed by atoms with van der Waals surface area (Å²) in [5, 5.41) is 0. The summed E-state index contributed by atoms with van der Waals surface area (Å²) in [7, 11) is -3.31. The summed E-state index contributed by atoms with van der Waals surface area (Å²) < 4.78 is 37.2. The molecule has 4 rings (SSSR count). The van der Waals surface area contributed by atoms with Crippen LogP contribution in [-0.2, 0) is 9.84 Å². The van der Waals surface area contributed by atoms with Gasteiger partial charge in [0.05, 0.1) is 21.8 Å². The predicted octanol–water partition coefficient (Wildman–Crippen LogP) is 5.61. The minimum Gasteiger partial charge on any atom is -0.246 e. The van der Waals surface area contributed by atoms with Gasteiger partial charge in [-0.05, 0) is 48.0 Å². The van der Waals surface area contributed by atoms with E-state index < -0.39 is 9.84 Å². The van der Waals surface area contributed by atoms with Crippen LogP contribution in [0.15, 0.2) is 89.8 Å². The zero-order chi connectivity index (χ0) is 22.0. The van der Waals surface area contributed by atoms with E-state index in [2.05, 4.69) is 5.92 Å². The molecule has 0 N–H and O–H groups in total. The van der Waals surface area contributed by atoms with Crippen molar-refractivity contribution in [3.05, 3.63) is 96.3 Å². The number of hydrogen-bond donors (Lipinski definition) is 0. The number of aromatic nitrogens is 1. The molecule has 0 saturated heterocycles. The molecule has 0 aliphatic rings. The number of hydrogen-bond acceptors (Lipinski definition) is 3. The average Bonchev–Trinajstić information content (AvgIpc) is 2.79. The lowest BCUT2D eigenvalue weighted by Gasteiger charge is -2.14. The maximum atomic E-state index is 13.5. The molecular weight excluding hydrogens is 409 g/mol. The molecule has 3 aromatic carbocycles. The fourth-order valence-electron chi connectivity index (χ4n) is 3.37. The van der Waals surface area contributed by atoms with Crippen molar-refractivity contribution in [1.82, 2.24) is 4.98 Å². The number of halogens is 1. The monoisotopic (exact) mass is 427 g/mol. The third-order valence-corrected chi connectivity index (χ3v) is 6.06. The molecular formula is C26H18FNO2S. The van der Waals surface area contributed by atoms with Crippen molar-refractivity contribution in [2.75, 3.05) is 6.26 Å². The highest BCUT2D eigenvalue weighted by Gasteiger charge is 2.16. The van der Waals surface area contributed by atoms with Gasteiger partial charge in [0.15, 0.2) is 9.84 Å². The van der Waals surface area contributed by atoms with Crippen molar-refractivity contribution in [1.29, 1.82) is 0 Å². The normalized spacial score (nSPS) is 11.1. The molecule has 0 aliphatic heterocycles. The van der Waals surface area contributed by atoms with Gasteiger partial charge in [0.2, 0.25) is 0 Å².